The first-order valence-electron chi connectivity index (χ1n) is 6.47. The summed E-state index contributed by atoms with van der Waals surface area (Å²) in [5.74, 6) is 2.44. The van der Waals surface area contributed by atoms with Gasteiger partial charge in [-0.2, -0.15) is 16.9 Å². The van der Waals surface area contributed by atoms with E-state index in [1.165, 1.54) is 23.5 Å². The lowest BCUT2D eigenvalue weighted by molar-refractivity contribution is 0.584. The maximum atomic E-state index is 4.55. The van der Waals surface area contributed by atoms with Crippen LogP contribution in [0.4, 0.5) is 0 Å². The number of hydrogen-bond donors (Lipinski definition) is 1. The molecule has 1 N–H and O–H groups in total. The largest absolute Gasteiger partial charge is 0.310 e. The maximum Gasteiger partial charge on any atom is 0.0638 e. The minimum atomic E-state index is 0.527. The molecule has 0 aliphatic carbocycles. The van der Waals surface area contributed by atoms with E-state index in [2.05, 4.69) is 49.0 Å². The van der Waals surface area contributed by atoms with Gasteiger partial charge >= 0.3 is 0 Å². The zero-order valence-corrected chi connectivity index (χ0v) is 12.3. The van der Waals surface area contributed by atoms with Gasteiger partial charge in [-0.15, -0.1) is 0 Å². The van der Waals surface area contributed by atoms with Crippen LogP contribution in [0, 0.1) is 6.92 Å². The van der Waals surface area contributed by atoms with Gasteiger partial charge in [-0.3, -0.25) is 4.68 Å². The number of aryl methyl sites for hydroxylation is 2. The van der Waals surface area contributed by atoms with Crippen LogP contribution in [0.15, 0.2) is 6.20 Å². The van der Waals surface area contributed by atoms with Crippen molar-refractivity contribution in [3.8, 4) is 0 Å². The molecule has 98 valence electrons. The average molecular weight is 255 g/mol. The van der Waals surface area contributed by atoms with E-state index in [4.69, 9.17) is 0 Å². The summed E-state index contributed by atoms with van der Waals surface area (Å²) in [7, 11) is 0. The number of nitrogens with one attached hydrogen (secondary N) is 1. The van der Waals surface area contributed by atoms with Gasteiger partial charge in [0.1, 0.15) is 0 Å². The molecule has 0 saturated carbocycles. The third-order valence-corrected chi connectivity index (χ3v) is 3.61. The molecule has 1 aromatic heterocycles. The second kappa shape index (κ2) is 7.77. The van der Waals surface area contributed by atoms with Gasteiger partial charge < -0.3 is 5.32 Å². The van der Waals surface area contributed by atoms with Crippen molar-refractivity contribution in [2.24, 2.45) is 0 Å². The molecule has 0 spiro atoms. The Bertz CT molecular complexity index is 320. The summed E-state index contributed by atoms with van der Waals surface area (Å²) in [5.41, 5.74) is 2.48. The lowest BCUT2D eigenvalue weighted by Gasteiger charge is -2.06. The molecule has 0 aliphatic heterocycles. The zero-order valence-electron chi connectivity index (χ0n) is 11.5. The Labute approximate surface area is 109 Å². The quantitative estimate of drug-likeness (QED) is 0.724. The van der Waals surface area contributed by atoms with E-state index in [9.17, 15) is 0 Å². The van der Waals surface area contributed by atoms with Crippen LogP contribution in [0.2, 0.25) is 0 Å². The molecule has 0 aliphatic rings. The molecule has 0 atom stereocenters. The van der Waals surface area contributed by atoms with Crippen molar-refractivity contribution in [3.63, 3.8) is 0 Å². The molecule has 1 aromatic rings. The fraction of sp³-hybridized carbons (Fsp3) is 0.769. The van der Waals surface area contributed by atoms with E-state index in [1.54, 1.807) is 0 Å². The van der Waals surface area contributed by atoms with Gasteiger partial charge in [-0.25, -0.2) is 0 Å². The van der Waals surface area contributed by atoms with E-state index in [0.717, 1.165) is 18.8 Å². The Kier molecular flexibility index (Phi) is 6.66. The van der Waals surface area contributed by atoms with Crippen LogP contribution in [0.25, 0.3) is 0 Å². The smallest absolute Gasteiger partial charge is 0.0638 e. The van der Waals surface area contributed by atoms with Crippen molar-refractivity contribution in [1.29, 1.82) is 0 Å². The van der Waals surface area contributed by atoms with Crippen molar-refractivity contribution < 1.29 is 0 Å². The van der Waals surface area contributed by atoms with Gasteiger partial charge in [-0.05, 0) is 24.9 Å². The Morgan fingerprint density at radius 2 is 2.24 bits per heavy atom. The van der Waals surface area contributed by atoms with Crippen LogP contribution >= 0.6 is 11.8 Å². The third kappa shape index (κ3) is 5.59. The second-order valence-electron chi connectivity index (χ2n) is 4.59. The number of aromatic nitrogens is 2. The first-order valence-corrected chi connectivity index (χ1v) is 7.63. The standard InChI is InChI=1S/C13H25N3S/c1-5-17-8-6-7-16-10-13(12(4)15-16)9-14-11(2)3/h10-11,14H,5-9H2,1-4H3. The Balaban J connectivity index is 2.38. The van der Waals surface area contributed by atoms with Gasteiger partial charge in [0, 0.05) is 30.9 Å². The Morgan fingerprint density at radius 1 is 1.47 bits per heavy atom. The van der Waals surface area contributed by atoms with Crippen molar-refractivity contribution in [2.75, 3.05) is 11.5 Å². The Morgan fingerprint density at radius 3 is 2.88 bits per heavy atom. The topological polar surface area (TPSA) is 29.9 Å². The normalized spacial score (nSPS) is 11.4. The maximum absolute atomic E-state index is 4.55. The van der Waals surface area contributed by atoms with E-state index >= 15 is 0 Å². The van der Waals surface area contributed by atoms with Crippen LogP contribution in [0.1, 0.15) is 38.4 Å². The molecule has 0 amide bonds. The molecule has 1 rings (SSSR count). The molecule has 0 unspecified atom stereocenters. The molecule has 0 bridgehead atoms. The third-order valence-electron chi connectivity index (χ3n) is 2.63. The van der Waals surface area contributed by atoms with Crippen molar-refractivity contribution in [2.45, 2.75) is 53.2 Å². The number of nitrogens with zero attached hydrogens (tertiary/aromatic N) is 2. The van der Waals surface area contributed by atoms with Crippen LogP contribution < -0.4 is 5.32 Å². The van der Waals surface area contributed by atoms with Crippen LogP contribution in [0.5, 0.6) is 0 Å². The van der Waals surface area contributed by atoms with E-state index in [1.807, 2.05) is 11.8 Å². The first kappa shape index (κ1) is 14.6. The van der Waals surface area contributed by atoms with Crippen molar-refractivity contribution >= 4 is 11.8 Å². The molecule has 0 aromatic carbocycles. The summed E-state index contributed by atoms with van der Waals surface area (Å²) in [5, 5.41) is 7.99. The number of hydrogen-bond acceptors (Lipinski definition) is 3. The highest BCUT2D eigenvalue weighted by Gasteiger charge is 2.05. The molecular weight excluding hydrogens is 230 g/mol. The highest BCUT2D eigenvalue weighted by atomic mass is 32.2. The predicted octanol–water partition coefficient (Wildman–Crippen LogP) is 2.83. The molecule has 17 heavy (non-hydrogen) atoms. The fourth-order valence-electron chi connectivity index (χ4n) is 1.63. The highest BCUT2D eigenvalue weighted by molar-refractivity contribution is 7.99. The molecule has 3 nitrogen and oxygen atoms in total. The van der Waals surface area contributed by atoms with Gasteiger partial charge in [-0.1, -0.05) is 20.8 Å². The SMILES string of the molecule is CCSCCCn1cc(CNC(C)C)c(C)n1. The number of thioether (sulfide) groups is 1. The van der Waals surface area contributed by atoms with Crippen LogP contribution in [-0.2, 0) is 13.1 Å². The summed E-state index contributed by atoms with van der Waals surface area (Å²) < 4.78 is 2.09. The minimum Gasteiger partial charge on any atom is -0.310 e. The van der Waals surface area contributed by atoms with E-state index < -0.39 is 0 Å². The predicted molar refractivity (Wildman–Crippen MR) is 76.6 cm³/mol. The lowest BCUT2D eigenvalue weighted by Crippen LogP contribution is -2.21. The van der Waals surface area contributed by atoms with Gasteiger partial charge in [0.2, 0.25) is 0 Å². The first-order chi connectivity index (χ1) is 8.13. The fourth-order valence-corrected chi connectivity index (χ4v) is 2.26. The monoisotopic (exact) mass is 255 g/mol. The molecule has 0 radical (unpaired) electrons. The zero-order chi connectivity index (χ0) is 12.7. The summed E-state index contributed by atoms with van der Waals surface area (Å²) in [6, 6.07) is 0.527. The van der Waals surface area contributed by atoms with Crippen molar-refractivity contribution in [1.82, 2.24) is 15.1 Å². The molecule has 0 saturated heterocycles. The van der Waals surface area contributed by atoms with Crippen molar-refractivity contribution in [3.05, 3.63) is 17.5 Å². The van der Waals surface area contributed by atoms with Gasteiger partial charge in [0.15, 0.2) is 0 Å². The Hall–Kier alpha value is -0.480. The highest BCUT2D eigenvalue weighted by Crippen LogP contribution is 2.08. The lowest BCUT2D eigenvalue weighted by atomic mass is 10.2. The number of rotatable bonds is 8. The molecule has 0 fully saturated rings. The summed E-state index contributed by atoms with van der Waals surface area (Å²) in [4.78, 5) is 0. The minimum absolute atomic E-state index is 0.527. The van der Waals surface area contributed by atoms with E-state index in [-0.39, 0.29) is 0 Å². The summed E-state index contributed by atoms with van der Waals surface area (Å²) in [6.07, 6.45) is 3.39. The van der Waals surface area contributed by atoms with Crippen LogP contribution in [0.3, 0.4) is 0 Å². The van der Waals surface area contributed by atoms with Gasteiger partial charge in [0.25, 0.3) is 0 Å². The van der Waals surface area contributed by atoms with E-state index in [0.29, 0.717) is 6.04 Å². The van der Waals surface area contributed by atoms with Crippen LogP contribution in [-0.4, -0.2) is 27.3 Å². The average Bonchev–Trinajstić information content (AvgIpc) is 2.63. The summed E-state index contributed by atoms with van der Waals surface area (Å²) >= 11 is 2.00. The second-order valence-corrected chi connectivity index (χ2v) is 5.98. The molecule has 1 heterocycles. The van der Waals surface area contributed by atoms with Gasteiger partial charge in [0.05, 0.1) is 5.69 Å². The summed E-state index contributed by atoms with van der Waals surface area (Å²) in [6.45, 7) is 10.6. The molecular formula is C13H25N3S. The molecule has 4 heteroatoms.